The van der Waals surface area contributed by atoms with Crippen LogP contribution in [0.3, 0.4) is 0 Å². The van der Waals surface area contributed by atoms with E-state index >= 15 is 0 Å². The van der Waals surface area contributed by atoms with Gasteiger partial charge in [-0.15, -0.1) is 0 Å². The molecule has 3 nitrogen and oxygen atoms in total. The van der Waals surface area contributed by atoms with Crippen molar-refractivity contribution in [2.75, 3.05) is 6.61 Å². The lowest BCUT2D eigenvalue weighted by Gasteiger charge is -2.19. The summed E-state index contributed by atoms with van der Waals surface area (Å²) in [7, 11) is 0. The number of fused-ring (bicyclic) bond motifs is 3. The van der Waals surface area contributed by atoms with Crippen LogP contribution in [0.1, 0.15) is 43.9 Å². The Morgan fingerprint density at radius 1 is 1.29 bits per heavy atom. The molecule has 1 atom stereocenters. The Hall–Kier alpha value is -1.22. The number of nitrogens with two attached hydrogens (primary N) is 1. The highest BCUT2D eigenvalue weighted by Crippen LogP contribution is 2.46. The molecule has 2 aliphatic rings. The summed E-state index contributed by atoms with van der Waals surface area (Å²) < 4.78 is 11.9. The molecule has 92 valence electrons. The van der Waals surface area contributed by atoms with Crippen LogP contribution in [0.5, 0.6) is 11.5 Å². The van der Waals surface area contributed by atoms with Crippen molar-refractivity contribution in [3.05, 3.63) is 23.3 Å². The molecule has 0 spiro atoms. The van der Waals surface area contributed by atoms with Gasteiger partial charge in [-0.05, 0) is 26.7 Å². The molecule has 0 aromatic heterocycles. The lowest BCUT2D eigenvalue weighted by molar-refractivity contribution is 0.132. The van der Waals surface area contributed by atoms with Crippen LogP contribution in [0.2, 0.25) is 0 Å². The first-order valence-corrected chi connectivity index (χ1v) is 6.30. The van der Waals surface area contributed by atoms with Gasteiger partial charge < -0.3 is 15.2 Å². The van der Waals surface area contributed by atoms with E-state index in [1.165, 1.54) is 5.56 Å². The fraction of sp³-hybridized carbons (Fsp3) is 0.571. The summed E-state index contributed by atoms with van der Waals surface area (Å²) in [5.74, 6) is 1.81. The Morgan fingerprint density at radius 2 is 2.12 bits per heavy atom. The Labute approximate surface area is 102 Å². The van der Waals surface area contributed by atoms with E-state index in [0.717, 1.165) is 42.9 Å². The van der Waals surface area contributed by atoms with Gasteiger partial charge in [-0.1, -0.05) is 12.1 Å². The highest BCUT2D eigenvalue weighted by atomic mass is 16.5. The minimum atomic E-state index is -0.128. The van der Waals surface area contributed by atoms with E-state index in [0.29, 0.717) is 0 Å². The third-order valence-corrected chi connectivity index (χ3v) is 3.52. The normalized spacial score (nSPS) is 25.2. The minimum Gasteiger partial charge on any atom is -0.489 e. The minimum absolute atomic E-state index is 0.0742. The number of ether oxygens (including phenoxy) is 2. The molecule has 2 aliphatic heterocycles. The van der Waals surface area contributed by atoms with Crippen molar-refractivity contribution in [1.29, 1.82) is 0 Å². The first-order valence-electron chi connectivity index (χ1n) is 6.30. The molecule has 0 saturated carbocycles. The number of benzene rings is 1. The average molecular weight is 233 g/mol. The summed E-state index contributed by atoms with van der Waals surface area (Å²) >= 11 is 0. The monoisotopic (exact) mass is 233 g/mol. The van der Waals surface area contributed by atoms with E-state index in [2.05, 4.69) is 26.0 Å². The lowest BCUT2D eigenvalue weighted by atomic mass is 9.97. The van der Waals surface area contributed by atoms with Gasteiger partial charge in [-0.2, -0.15) is 0 Å². The summed E-state index contributed by atoms with van der Waals surface area (Å²) in [4.78, 5) is 0. The van der Waals surface area contributed by atoms with Crippen molar-refractivity contribution in [1.82, 2.24) is 0 Å². The van der Waals surface area contributed by atoms with Gasteiger partial charge in [-0.3, -0.25) is 0 Å². The average Bonchev–Trinajstić information content (AvgIpc) is 2.45. The molecule has 1 aromatic rings. The number of hydrogen-bond acceptors (Lipinski definition) is 3. The SMILES string of the molecule is CC1(C)Cc2ccc3c(c2O1)OCCCC3N. The largest absolute Gasteiger partial charge is 0.489 e. The van der Waals surface area contributed by atoms with Crippen molar-refractivity contribution in [2.45, 2.75) is 44.8 Å². The van der Waals surface area contributed by atoms with Gasteiger partial charge in [0.05, 0.1) is 6.61 Å². The van der Waals surface area contributed by atoms with E-state index in [4.69, 9.17) is 15.2 Å². The van der Waals surface area contributed by atoms with Crippen LogP contribution >= 0.6 is 0 Å². The lowest BCUT2D eigenvalue weighted by Crippen LogP contribution is -2.24. The molecule has 0 radical (unpaired) electrons. The van der Waals surface area contributed by atoms with Gasteiger partial charge in [0.1, 0.15) is 5.60 Å². The van der Waals surface area contributed by atoms with Crippen molar-refractivity contribution in [3.8, 4) is 11.5 Å². The summed E-state index contributed by atoms with van der Waals surface area (Å²) in [5.41, 5.74) is 8.38. The van der Waals surface area contributed by atoms with Gasteiger partial charge in [0.25, 0.3) is 0 Å². The van der Waals surface area contributed by atoms with Gasteiger partial charge in [0, 0.05) is 23.6 Å². The van der Waals surface area contributed by atoms with Crippen molar-refractivity contribution in [3.63, 3.8) is 0 Å². The first kappa shape index (κ1) is 10.9. The Morgan fingerprint density at radius 3 is 2.94 bits per heavy atom. The summed E-state index contributed by atoms with van der Waals surface area (Å²) in [6.07, 6.45) is 2.93. The zero-order valence-electron chi connectivity index (χ0n) is 10.5. The predicted molar refractivity (Wildman–Crippen MR) is 66.5 cm³/mol. The Bertz CT molecular complexity index is 454. The van der Waals surface area contributed by atoms with E-state index in [-0.39, 0.29) is 11.6 Å². The maximum Gasteiger partial charge on any atom is 0.166 e. The van der Waals surface area contributed by atoms with Crippen LogP contribution in [0.4, 0.5) is 0 Å². The molecule has 1 unspecified atom stereocenters. The van der Waals surface area contributed by atoms with Gasteiger partial charge in [0.2, 0.25) is 0 Å². The van der Waals surface area contributed by atoms with Crippen molar-refractivity contribution >= 4 is 0 Å². The molecule has 2 N–H and O–H groups in total. The fourth-order valence-corrected chi connectivity index (χ4v) is 2.71. The zero-order chi connectivity index (χ0) is 12.0. The fourth-order valence-electron chi connectivity index (χ4n) is 2.71. The molecule has 3 rings (SSSR count). The predicted octanol–water partition coefficient (Wildman–Crippen LogP) is 2.57. The molecule has 17 heavy (non-hydrogen) atoms. The second-order valence-electron chi connectivity index (χ2n) is 5.61. The van der Waals surface area contributed by atoms with Gasteiger partial charge in [0.15, 0.2) is 11.5 Å². The van der Waals surface area contributed by atoms with Crippen LogP contribution in [0.25, 0.3) is 0 Å². The summed E-state index contributed by atoms with van der Waals surface area (Å²) in [5, 5.41) is 0. The third kappa shape index (κ3) is 1.78. The molecule has 0 saturated heterocycles. The summed E-state index contributed by atoms with van der Waals surface area (Å²) in [6.45, 7) is 4.95. The van der Waals surface area contributed by atoms with E-state index in [1.54, 1.807) is 0 Å². The number of rotatable bonds is 0. The molecule has 1 aromatic carbocycles. The van der Waals surface area contributed by atoms with Gasteiger partial charge in [-0.25, -0.2) is 0 Å². The maximum atomic E-state index is 6.17. The van der Waals surface area contributed by atoms with E-state index < -0.39 is 0 Å². The first-order chi connectivity index (χ1) is 8.07. The highest BCUT2D eigenvalue weighted by molar-refractivity contribution is 5.56. The van der Waals surface area contributed by atoms with Gasteiger partial charge >= 0.3 is 0 Å². The second kappa shape index (κ2) is 3.64. The van der Waals surface area contributed by atoms with Crippen molar-refractivity contribution < 1.29 is 9.47 Å². The quantitative estimate of drug-likeness (QED) is 0.749. The summed E-state index contributed by atoms with van der Waals surface area (Å²) in [6, 6.07) is 4.32. The smallest absolute Gasteiger partial charge is 0.166 e. The number of hydrogen-bond donors (Lipinski definition) is 1. The molecule has 0 bridgehead atoms. The topological polar surface area (TPSA) is 44.5 Å². The molecule has 2 heterocycles. The van der Waals surface area contributed by atoms with Crippen LogP contribution in [-0.2, 0) is 6.42 Å². The maximum absolute atomic E-state index is 6.17. The van der Waals surface area contributed by atoms with Crippen molar-refractivity contribution in [2.24, 2.45) is 5.73 Å². The third-order valence-electron chi connectivity index (χ3n) is 3.52. The van der Waals surface area contributed by atoms with Crippen LogP contribution < -0.4 is 15.2 Å². The molecular formula is C14H19NO2. The standard InChI is InChI=1S/C14H19NO2/c1-14(2)8-9-5-6-10-11(15)4-3-7-16-13(10)12(9)17-14/h5-6,11H,3-4,7-8,15H2,1-2H3. The zero-order valence-corrected chi connectivity index (χ0v) is 10.5. The Balaban J connectivity index is 2.10. The molecule has 0 aliphatic carbocycles. The second-order valence-corrected chi connectivity index (χ2v) is 5.61. The van der Waals surface area contributed by atoms with E-state index in [9.17, 15) is 0 Å². The van der Waals surface area contributed by atoms with Crippen LogP contribution in [0.15, 0.2) is 12.1 Å². The molecule has 0 amide bonds. The molecule has 0 fully saturated rings. The highest BCUT2D eigenvalue weighted by Gasteiger charge is 2.34. The van der Waals surface area contributed by atoms with Crippen LogP contribution in [0, 0.1) is 0 Å². The van der Waals surface area contributed by atoms with E-state index in [1.807, 2.05) is 0 Å². The Kier molecular flexibility index (Phi) is 2.33. The van der Waals surface area contributed by atoms with Crippen LogP contribution in [-0.4, -0.2) is 12.2 Å². The molecule has 3 heteroatoms. The molecular weight excluding hydrogens is 214 g/mol.